The largest absolute Gasteiger partial charge is 0.457 e. The van der Waals surface area contributed by atoms with Crippen LogP contribution in [0.15, 0.2) is 49.2 Å². The van der Waals surface area contributed by atoms with Crippen molar-refractivity contribution >= 4 is 28.9 Å². The first-order valence-electron chi connectivity index (χ1n) is 24.4. The summed E-state index contributed by atoms with van der Waals surface area (Å²) in [6.07, 6.45) is 8.15. The molecule has 10 rings (SSSR count). The molecule has 3 aromatic heterocycles. The molecule has 5 heterocycles. The van der Waals surface area contributed by atoms with Gasteiger partial charge >= 0.3 is 5.97 Å². The number of ether oxygens (including phenoxy) is 4. The average Bonchev–Trinajstić information content (AvgIpc) is 4.13. The number of imidazole rings is 1. The quantitative estimate of drug-likeness (QED) is 0.118. The molecule has 4 saturated carbocycles. The van der Waals surface area contributed by atoms with Gasteiger partial charge in [0.2, 0.25) is 5.91 Å². The fraction of sp³-hybridized carbons (Fsp3) is 0.694. The van der Waals surface area contributed by atoms with E-state index in [9.17, 15) is 24.9 Å². The summed E-state index contributed by atoms with van der Waals surface area (Å²) in [6, 6.07) is 8.58. The minimum Gasteiger partial charge on any atom is -0.457 e. The molecule has 2 saturated heterocycles. The molecule has 6 aliphatic rings. The second kappa shape index (κ2) is 17.7. The van der Waals surface area contributed by atoms with Crippen molar-refractivity contribution in [2.75, 3.05) is 5.73 Å². The zero-order valence-corrected chi connectivity index (χ0v) is 39.2. The molecule has 1 aromatic carbocycles. The molecule has 0 bridgehead atoms. The second-order valence-electron chi connectivity index (χ2n) is 21.6. The molecule has 4 aliphatic carbocycles. The number of rotatable bonds is 13. The van der Waals surface area contributed by atoms with Gasteiger partial charge < -0.3 is 45.3 Å². The Morgan fingerprint density at radius 3 is 2.58 bits per heavy atom. The van der Waals surface area contributed by atoms with Gasteiger partial charge in [0.15, 0.2) is 23.5 Å². The minimum absolute atomic E-state index is 0.00726. The first-order chi connectivity index (χ1) is 32.0. The molecule has 1 amide bonds. The number of fused-ring (bicyclic) bond motifs is 7. The standard InChI is InChI=1S/C49H67N9O9/c1-26(31-12-13-32-39-33(20-37(61)49(31,32)5)48(4)16-15-30(59)18-28(48)19-35(39)60)11-14-38(62)54-34(17-27-9-7-6-8-10-27)46(63)64-23-29-21-57(56-55-29)22-36-41-42(67-47(2,3)66-41)45(65-36)58-25-53-40-43(50)51-24-52-44(40)58/h6-10,21,24-26,28,30-37,39,41-42,45,59-61H,11-20,22-23H2,1-5H3,(H,54,62)(H2,50,51,52)/t26?,28?,30-,31-,32?,33?,34+,35-,36?,37+,39?,41-,42-,45?,48+,49-/m1/s1. The molecule has 4 aromatic rings. The van der Waals surface area contributed by atoms with Crippen LogP contribution in [0.5, 0.6) is 0 Å². The first kappa shape index (κ1) is 46.2. The van der Waals surface area contributed by atoms with E-state index in [4.69, 9.17) is 24.7 Å². The number of aliphatic hydroxyl groups excluding tert-OH is 3. The van der Waals surface area contributed by atoms with Gasteiger partial charge in [-0.15, -0.1) is 5.10 Å². The molecule has 2 aliphatic heterocycles. The Bertz CT molecular complexity index is 2430. The van der Waals surface area contributed by atoms with Gasteiger partial charge in [-0.05, 0) is 117 Å². The first-order valence-corrected chi connectivity index (χ1v) is 24.4. The van der Waals surface area contributed by atoms with Gasteiger partial charge in [-0.2, -0.15) is 0 Å². The minimum atomic E-state index is -0.937. The normalized spacial score (nSPS) is 37.3. The number of nitrogen functional groups attached to an aromatic ring is 1. The molecule has 6 N–H and O–H groups in total. The zero-order valence-electron chi connectivity index (χ0n) is 39.2. The Balaban J connectivity index is 0.760. The van der Waals surface area contributed by atoms with Crippen molar-refractivity contribution in [3.8, 4) is 0 Å². The van der Waals surface area contributed by atoms with Gasteiger partial charge in [0.25, 0.3) is 0 Å². The van der Waals surface area contributed by atoms with Crippen LogP contribution in [0.1, 0.15) is 110 Å². The number of benzene rings is 1. The van der Waals surface area contributed by atoms with Crippen molar-refractivity contribution in [3.63, 3.8) is 0 Å². The molecule has 362 valence electrons. The highest BCUT2D eigenvalue weighted by atomic mass is 16.8. The molecule has 16 atom stereocenters. The van der Waals surface area contributed by atoms with Crippen molar-refractivity contribution < 1.29 is 43.9 Å². The maximum Gasteiger partial charge on any atom is 0.329 e. The Kier molecular flexibility index (Phi) is 12.2. The van der Waals surface area contributed by atoms with Crippen LogP contribution in [0.25, 0.3) is 11.2 Å². The lowest BCUT2D eigenvalue weighted by atomic mass is 9.43. The Morgan fingerprint density at radius 1 is 0.985 bits per heavy atom. The van der Waals surface area contributed by atoms with E-state index in [-0.39, 0.29) is 90.2 Å². The summed E-state index contributed by atoms with van der Waals surface area (Å²) in [5.74, 6) is -0.300. The Labute approximate surface area is 390 Å². The highest BCUT2D eigenvalue weighted by molar-refractivity contribution is 5.84. The maximum atomic E-state index is 13.8. The number of nitrogens with zero attached hydrogens (tertiary/aromatic N) is 7. The fourth-order valence-corrected chi connectivity index (χ4v) is 14.0. The van der Waals surface area contributed by atoms with E-state index in [1.807, 2.05) is 44.2 Å². The smallest absolute Gasteiger partial charge is 0.329 e. The highest BCUT2D eigenvalue weighted by Gasteiger charge is 2.66. The van der Waals surface area contributed by atoms with Crippen molar-refractivity contribution in [1.29, 1.82) is 0 Å². The van der Waals surface area contributed by atoms with Crippen molar-refractivity contribution in [2.24, 2.45) is 46.3 Å². The number of anilines is 1. The average molecular weight is 926 g/mol. The van der Waals surface area contributed by atoms with Gasteiger partial charge in [0.1, 0.15) is 48.5 Å². The lowest BCUT2D eigenvalue weighted by Crippen LogP contribution is -2.62. The zero-order chi connectivity index (χ0) is 47.0. The predicted octanol–water partition coefficient (Wildman–Crippen LogP) is 4.27. The number of esters is 1. The van der Waals surface area contributed by atoms with Crippen molar-refractivity contribution in [2.45, 2.75) is 167 Å². The Morgan fingerprint density at radius 2 is 1.78 bits per heavy atom. The van der Waals surface area contributed by atoms with E-state index in [0.717, 1.165) is 37.7 Å². The summed E-state index contributed by atoms with van der Waals surface area (Å²) < 4.78 is 28.3. The highest BCUT2D eigenvalue weighted by Crippen LogP contribution is 2.68. The summed E-state index contributed by atoms with van der Waals surface area (Å²) in [4.78, 5) is 40.4. The van der Waals surface area contributed by atoms with Crippen LogP contribution in [-0.2, 0) is 48.1 Å². The molecule has 7 unspecified atom stereocenters. The third-order valence-corrected chi connectivity index (χ3v) is 17.4. The van der Waals surface area contributed by atoms with E-state index < -0.39 is 54.5 Å². The van der Waals surface area contributed by atoms with Crippen LogP contribution in [0.4, 0.5) is 5.82 Å². The summed E-state index contributed by atoms with van der Waals surface area (Å²) in [6.45, 7) is 10.6. The number of hydrogen-bond acceptors (Lipinski definition) is 15. The van der Waals surface area contributed by atoms with E-state index >= 15 is 0 Å². The number of aliphatic hydroxyl groups is 3. The molecular formula is C49H67N9O9. The topological polar surface area (TPSA) is 244 Å². The van der Waals surface area contributed by atoms with Gasteiger partial charge in [-0.25, -0.2) is 24.4 Å². The summed E-state index contributed by atoms with van der Waals surface area (Å²) in [5.41, 5.74) is 7.96. The summed E-state index contributed by atoms with van der Waals surface area (Å²) in [7, 11) is 0. The van der Waals surface area contributed by atoms with Crippen molar-refractivity contribution in [1.82, 2.24) is 39.8 Å². The van der Waals surface area contributed by atoms with Crippen LogP contribution in [-0.4, -0.2) is 110 Å². The number of hydrogen-bond donors (Lipinski definition) is 5. The molecule has 0 radical (unpaired) electrons. The molecular weight excluding hydrogens is 859 g/mol. The lowest BCUT2D eigenvalue weighted by molar-refractivity contribution is -0.207. The summed E-state index contributed by atoms with van der Waals surface area (Å²) >= 11 is 0. The van der Waals surface area contributed by atoms with E-state index in [2.05, 4.69) is 51.4 Å². The third-order valence-electron chi connectivity index (χ3n) is 17.4. The van der Waals surface area contributed by atoms with Crippen LogP contribution in [0, 0.1) is 46.3 Å². The summed E-state index contributed by atoms with van der Waals surface area (Å²) in [5, 5.41) is 45.9. The fourth-order valence-electron chi connectivity index (χ4n) is 14.0. The van der Waals surface area contributed by atoms with Gasteiger partial charge in [0.05, 0.1) is 37.4 Å². The monoisotopic (exact) mass is 926 g/mol. The van der Waals surface area contributed by atoms with Crippen LogP contribution < -0.4 is 11.1 Å². The predicted molar refractivity (Wildman–Crippen MR) is 242 cm³/mol. The number of amides is 1. The third kappa shape index (κ3) is 8.42. The van der Waals surface area contributed by atoms with Gasteiger partial charge in [-0.1, -0.05) is 56.3 Å². The van der Waals surface area contributed by atoms with E-state index in [1.165, 1.54) is 6.33 Å². The lowest BCUT2D eigenvalue weighted by Gasteiger charge is -2.63. The van der Waals surface area contributed by atoms with Crippen LogP contribution >= 0.6 is 0 Å². The number of carbonyl (C=O) groups excluding carboxylic acids is 2. The molecule has 18 nitrogen and oxygen atoms in total. The van der Waals surface area contributed by atoms with Gasteiger partial charge in [0, 0.05) is 12.8 Å². The SMILES string of the molecule is CC(CCC(=O)N[C@@H](Cc1ccccc1)C(=O)OCc1cn(CC2OC(n3cnc4c(N)ncnc43)[C@@H]3OC(C)(C)O[C@H]23)nn1)[C@H]1CCC2C3C(C[C@H](O)[C@@]21C)[C@@]1(C)CC[C@@H](O)CC1C[C@H]3O. The van der Waals surface area contributed by atoms with E-state index in [0.29, 0.717) is 36.1 Å². The molecule has 18 heteroatoms. The van der Waals surface area contributed by atoms with Crippen LogP contribution in [0.3, 0.4) is 0 Å². The molecule has 67 heavy (non-hydrogen) atoms. The van der Waals surface area contributed by atoms with Gasteiger partial charge in [-0.3, -0.25) is 9.36 Å². The van der Waals surface area contributed by atoms with Crippen LogP contribution in [0.2, 0.25) is 0 Å². The molecule has 6 fully saturated rings. The number of aromatic nitrogens is 7. The van der Waals surface area contributed by atoms with Crippen molar-refractivity contribution in [3.05, 3.63) is 60.4 Å². The second-order valence-corrected chi connectivity index (χ2v) is 21.6. The van der Waals surface area contributed by atoms with E-state index in [1.54, 1.807) is 21.8 Å². The molecule has 0 spiro atoms. The number of nitrogens with one attached hydrogen (secondary N) is 1. The number of nitrogens with two attached hydrogens (primary N) is 1. The Hall–Kier alpha value is -4.59. The number of carbonyl (C=O) groups is 2. The maximum absolute atomic E-state index is 13.8.